The third-order valence-corrected chi connectivity index (χ3v) is 10.1. The molecule has 0 saturated carbocycles. The summed E-state index contributed by atoms with van der Waals surface area (Å²) in [6.45, 7) is 0. The van der Waals surface area contributed by atoms with Crippen molar-refractivity contribution in [2.45, 2.75) is 11.8 Å². The van der Waals surface area contributed by atoms with Gasteiger partial charge in [-0.3, -0.25) is 0 Å². The molecular weight excluding hydrogens is 544 g/mol. The zero-order chi connectivity index (χ0) is 29.5. The van der Waals surface area contributed by atoms with Crippen LogP contribution in [-0.4, -0.2) is 0 Å². The molecule has 0 N–H and O–H groups in total. The minimum Gasteiger partial charge on any atom is -0.456 e. The van der Waals surface area contributed by atoms with Crippen LogP contribution in [0.3, 0.4) is 0 Å². The van der Waals surface area contributed by atoms with Gasteiger partial charge in [-0.2, -0.15) is 0 Å². The van der Waals surface area contributed by atoms with Crippen molar-refractivity contribution in [3.8, 4) is 33.4 Å². The lowest BCUT2D eigenvalue weighted by Gasteiger charge is -2.17. The normalized spacial score (nSPS) is 16.0. The van der Waals surface area contributed by atoms with E-state index in [9.17, 15) is 0 Å². The van der Waals surface area contributed by atoms with Gasteiger partial charge >= 0.3 is 0 Å². The van der Waals surface area contributed by atoms with Crippen molar-refractivity contribution in [3.63, 3.8) is 0 Å². The van der Waals surface area contributed by atoms with Crippen LogP contribution >= 0.6 is 0 Å². The number of para-hydroxylation sites is 1. The summed E-state index contributed by atoms with van der Waals surface area (Å²) in [5.74, 6) is 0.383. The quantitative estimate of drug-likeness (QED) is 0.205. The molecule has 0 bridgehead atoms. The van der Waals surface area contributed by atoms with Crippen LogP contribution in [0.1, 0.15) is 45.2 Å². The van der Waals surface area contributed by atoms with Crippen molar-refractivity contribution in [1.82, 2.24) is 0 Å². The second-order valence-electron chi connectivity index (χ2n) is 12.4. The predicted molar refractivity (Wildman–Crippen MR) is 185 cm³/mol. The van der Waals surface area contributed by atoms with Crippen LogP contribution in [0.15, 0.2) is 162 Å². The van der Waals surface area contributed by atoms with Gasteiger partial charge in [-0.15, -0.1) is 0 Å². The summed E-state index contributed by atoms with van der Waals surface area (Å²) in [4.78, 5) is 0. The number of hydrogen-bond donors (Lipinski definition) is 0. The topological polar surface area (TPSA) is 13.1 Å². The molecule has 0 spiro atoms. The number of hydrogen-bond acceptors (Lipinski definition) is 1. The molecule has 8 aromatic rings. The van der Waals surface area contributed by atoms with Crippen LogP contribution in [0, 0.1) is 0 Å². The van der Waals surface area contributed by atoms with Crippen molar-refractivity contribution in [2.75, 3.05) is 0 Å². The first-order valence-corrected chi connectivity index (χ1v) is 15.8. The summed E-state index contributed by atoms with van der Waals surface area (Å²) >= 11 is 0. The Balaban J connectivity index is 1.14. The molecule has 0 radical (unpaired) electrons. The summed E-state index contributed by atoms with van der Waals surface area (Å²) in [6.07, 6.45) is 0. The van der Waals surface area contributed by atoms with E-state index in [4.69, 9.17) is 4.42 Å². The molecule has 0 aliphatic heterocycles. The minimum absolute atomic E-state index is 0.145. The van der Waals surface area contributed by atoms with Crippen LogP contribution in [0.4, 0.5) is 0 Å². The van der Waals surface area contributed by atoms with E-state index in [1.807, 2.05) is 6.07 Å². The van der Waals surface area contributed by atoms with E-state index in [0.29, 0.717) is 0 Å². The Morgan fingerprint density at radius 1 is 0.356 bits per heavy atom. The average Bonchev–Trinajstić information content (AvgIpc) is 3.76. The van der Waals surface area contributed by atoms with Gasteiger partial charge in [0.25, 0.3) is 0 Å². The van der Waals surface area contributed by atoms with E-state index < -0.39 is 0 Å². The molecule has 2 unspecified atom stereocenters. The third-order valence-electron chi connectivity index (χ3n) is 10.1. The second-order valence-corrected chi connectivity index (χ2v) is 12.4. The fraction of sp³-hybridized carbons (Fsp3) is 0.0455. The molecule has 2 aliphatic rings. The lowest BCUT2D eigenvalue weighted by molar-refractivity contribution is 0.668. The van der Waals surface area contributed by atoms with Gasteiger partial charge < -0.3 is 4.42 Å². The third kappa shape index (κ3) is 3.56. The molecule has 0 amide bonds. The molecule has 10 rings (SSSR count). The fourth-order valence-corrected chi connectivity index (χ4v) is 8.15. The molecule has 2 aliphatic carbocycles. The summed E-state index contributed by atoms with van der Waals surface area (Å²) in [5.41, 5.74) is 17.9. The Morgan fingerprint density at radius 2 is 0.956 bits per heavy atom. The first-order chi connectivity index (χ1) is 22.3. The van der Waals surface area contributed by atoms with Gasteiger partial charge in [-0.05, 0) is 91.0 Å². The molecule has 1 nitrogen and oxygen atoms in total. The molecule has 1 aromatic heterocycles. The van der Waals surface area contributed by atoms with E-state index in [1.54, 1.807) is 0 Å². The first-order valence-electron chi connectivity index (χ1n) is 15.8. The Morgan fingerprint density at radius 3 is 1.82 bits per heavy atom. The van der Waals surface area contributed by atoms with Crippen LogP contribution < -0.4 is 0 Å². The highest BCUT2D eigenvalue weighted by Crippen LogP contribution is 2.52. The maximum Gasteiger partial charge on any atom is 0.135 e. The number of benzene rings is 7. The summed E-state index contributed by atoms with van der Waals surface area (Å²) < 4.78 is 6.31. The number of rotatable bonds is 3. The Bertz CT molecular complexity index is 2440. The molecule has 2 atom stereocenters. The van der Waals surface area contributed by atoms with Crippen LogP contribution in [0.5, 0.6) is 0 Å². The zero-order valence-corrected chi connectivity index (χ0v) is 24.6. The molecule has 45 heavy (non-hydrogen) atoms. The SMILES string of the molecule is c1ccc(C2c3ccccc3-c3ccc(-c4ccc5c(c4)-c4ccccc4C5c4cccc5oc6ccccc6c45)cc32)cc1. The van der Waals surface area contributed by atoms with Gasteiger partial charge in [0.2, 0.25) is 0 Å². The molecule has 1 heteroatoms. The maximum absolute atomic E-state index is 6.31. The molecule has 7 aromatic carbocycles. The van der Waals surface area contributed by atoms with E-state index in [1.165, 1.54) is 77.5 Å². The monoisotopic (exact) mass is 572 g/mol. The van der Waals surface area contributed by atoms with Crippen LogP contribution in [0.25, 0.3) is 55.3 Å². The van der Waals surface area contributed by atoms with Crippen molar-refractivity contribution in [2.24, 2.45) is 0 Å². The van der Waals surface area contributed by atoms with Gasteiger partial charge in [0.15, 0.2) is 0 Å². The number of furan rings is 1. The summed E-state index contributed by atoms with van der Waals surface area (Å²) in [5, 5.41) is 2.40. The van der Waals surface area contributed by atoms with Gasteiger partial charge in [0, 0.05) is 22.6 Å². The lowest BCUT2D eigenvalue weighted by atomic mass is 9.86. The Hall–Kier alpha value is -5.66. The molecule has 0 saturated heterocycles. The van der Waals surface area contributed by atoms with Gasteiger partial charge in [-0.25, -0.2) is 0 Å². The van der Waals surface area contributed by atoms with E-state index >= 15 is 0 Å². The summed E-state index contributed by atoms with van der Waals surface area (Å²) in [6, 6.07) is 57.9. The van der Waals surface area contributed by atoms with E-state index in [0.717, 1.165) is 11.2 Å². The molecule has 1 heterocycles. The second kappa shape index (κ2) is 9.42. The first kappa shape index (κ1) is 24.7. The Kier molecular flexibility index (Phi) is 5.18. The largest absolute Gasteiger partial charge is 0.456 e. The van der Waals surface area contributed by atoms with Crippen LogP contribution in [-0.2, 0) is 0 Å². The summed E-state index contributed by atoms with van der Waals surface area (Å²) in [7, 11) is 0. The van der Waals surface area contributed by atoms with Crippen molar-refractivity contribution in [1.29, 1.82) is 0 Å². The average molecular weight is 573 g/mol. The van der Waals surface area contributed by atoms with Crippen molar-refractivity contribution < 1.29 is 4.42 Å². The van der Waals surface area contributed by atoms with Gasteiger partial charge in [0.1, 0.15) is 11.2 Å². The lowest BCUT2D eigenvalue weighted by Crippen LogP contribution is -2.00. The van der Waals surface area contributed by atoms with Gasteiger partial charge in [0.05, 0.1) is 0 Å². The van der Waals surface area contributed by atoms with Crippen molar-refractivity contribution in [3.05, 3.63) is 191 Å². The number of fused-ring (bicyclic) bond motifs is 9. The van der Waals surface area contributed by atoms with Gasteiger partial charge in [-0.1, -0.05) is 133 Å². The van der Waals surface area contributed by atoms with Crippen LogP contribution in [0.2, 0.25) is 0 Å². The highest BCUT2D eigenvalue weighted by atomic mass is 16.3. The maximum atomic E-state index is 6.31. The Labute approximate surface area is 262 Å². The highest BCUT2D eigenvalue weighted by Gasteiger charge is 2.33. The predicted octanol–water partition coefficient (Wildman–Crippen LogP) is 11.6. The van der Waals surface area contributed by atoms with E-state index in [-0.39, 0.29) is 11.8 Å². The highest BCUT2D eigenvalue weighted by molar-refractivity contribution is 6.07. The standard InChI is InChI=1S/C44H28O/c1-2-11-27(12-3-1)42-33-15-6-4-13-30(33)32-23-21-29(26-39(32)42)28-22-24-35-38(25-28)31-14-5-7-16-34(31)43(35)37-18-10-20-41-44(37)36-17-8-9-19-40(36)45-41/h1-26,42-43H. The zero-order valence-electron chi connectivity index (χ0n) is 24.6. The molecule has 0 fully saturated rings. The smallest absolute Gasteiger partial charge is 0.135 e. The molecule has 210 valence electrons. The molecular formula is C44H28O. The van der Waals surface area contributed by atoms with Crippen molar-refractivity contribution >= 4 is 21.9 Å². The van der Waals surface area contributed by atoms with E-state index in [2.05, 4.69) is 152 Å². The fourth-order valence-electron chi connectivity index (χ4n) is 8.15. The minimum atomic E-state index is 0.145.